The van der Waals surface area contributed by atoms with E-state index in [-0.39, 0.29) is 0 Å². The molecule has 4 nitrogen and oxygen atoms in total. The SMILES string of the molecule is CCc1ccc(-c2[nH]c3ccccc3c2C(=O)C(=O)OC)cc1. The monoisotopic (exact) mass is 307 g/mol. The van der Waals surface area contributed by atoms with Gasteiger partial charge in [-0.15, -0.1) is 0 Å². The molecule has 4 heteroatoms. The van der Waals surface area contributed by atoms with Crippen molar-refractivity contribution in [2.75, 3.05) is 7.11 Å². The Bertz CT molecular complexity index is 875. The fraction of sp³-hybridized carbons (Fsp3) is 0.158. The molecule has 116 valence electrons. The molecule has 0 saturated carbocycles. The number of fused-ring (bicyclic) bond motifs is 1. The quantitative estimate of drug-likeness (QED) is 0.453. The van der Waals surface area contributed by atoms with E-state index in [4.69, 9.17) is 0 Å². The Hall–Kier alpha value is -2.88. The van der Waals surface area contributed by atoms with Crippen molar-refractivity contribution in [2.45, 2.75) is 13.3 Å². The van der Waals surface area contributed by atoms with Crippen LogP contribution in [-0.4, -0.2) is 23.8 Å². The van der Waals surface area contributed by atoms with E-state index in [9.17, 15) is 9.59 Å². The van der Waals surface area contributed by atoms with Gasteiger partial charge >= 0.3 is 5.97 Å². The Labute approximate surface area is 134 Å². The van der Waals surface area contributed by atoms with E-state index < -0.39 is 11.8 Å². The molecule has 3 rings (SSSR count). The molecule has 0 aliphatic rings. The number of nitrogens with one attached hydrogen (secondary N) is 1. The molecule has 0 bridgehead atoms. The van der Waals surface area contributed by atoms with Gasteiger partial charge in [-0.05, 0) is 23.6 Å². The van der Waals surface area contributed by atoms with Crippen molar-refractivity contribution in [1.82, 2.24) is 4.98 Å². The van der Waals surface area contributed by atoms with Crippen molar-refractivity contribution >= 4 is 22.7 Å². The topological polar surface area (TPSA) is 59.2 Å². The van der Waals surface area contributed by atoms with Crippen molar-refractivity contribution in [3.05, 3.63) is 59.7 Å². The van der Waals surface area contributed by atoms with Crippen LogP contribution in [0.5, 0.6) is 0 Å². The number of ketones is 1. The second-order valence-corrected chi connectivity index (χ2v) is 5.29. The third-order valence-electron chi connectivity index (χ3n) is 3.95. The molecule has 0 amide bonds. The highest BCUT2D eigenvalue weighted by Crippen LogP contribution is 2.31. The predicted molar refractivity (Wildman–Crippen MR) is 89.5 cm³/mol. The number of carbonyl (C=O) groups is 2. The minimum absolute atomic E-state index is 0.358. The van der Waals surface area contributed by atoms with Gasteiger partial charge < -0.3 is 9.72 Å². The van der Waals surface area contributed by atoms with E-state index in [0.717, 1.165) is 22.9 Å². The van der Waals surface area contributed by atoms with E-state index in [2.05, 4.69) is 16.6 Å². The van der Waals surface area contributed by atoms with Gasteiger partial charge in [0.1, 0.15) is 0 Å². The van der Waals surface area contributed by atoms with Gasteiger partial charge in [-0.1, -0.05) is 49.4 Å². The van der Waals surface area contributed by atoms with Crippen LogP contribution in [-0.2, 0) is 16.0 Å². The third kappa shape index (κ3) is 2.63. The highest BCUT2D eigenvalue weighted by atomic mass is 16.5. The van der Waals surface area contributed by atoms with Crippen LogP contribution in [0.15, 0.2) is 48.5 Å². The maximum atomic E-state index is 12.5. The smallest absolute Gasteiger partial charge is 0.379 e. The van der Waals surface area contributed by atoms with E-state index >= 15 is 0 Å². The first-order chi connectivity index (χ1) is 11.2. The maximum absolute atomic E-state index is 12.5. The molecule has 1 heterocycles. The van der Waals surface area contributed by atoms with Crippen molar-refractivity contribution in [3.63, 3.8) is 0 Å². The zero-order valence-corrected chi connectivity index (χ0v) is 13.1. The van der Waals surface area contributed by atoms with Crippen LogP contribution in [0.2, 0.25) is 0 Å². The summed E-state index contributed by atoms with van der Waals surface area (Å²) < 4.78 is 4.61. The minimum Gasteiger partial charge on any atom is -0.463 e. The van der Waals surface area contributed by atoms with E-state index in [1.165, 1.54) is 12.7 Å². The number of methoxy groups -OCH3 is 1. The van der Waals surface area contributed by atoms with Crippen LogP contribution in [0, 0.1) is 0 Å². The van der Waals surface area contributed by atoms with Gasteiger partial charge in [0.15, 0.2) is 0 Å². The molecule has 0 unspecified atom stereocenters. The number of rotatable bonds is 4. The predicted octanol–water partition coefficient (Wildman–Crippen LogP) is 3.75. The molecule has 0 atom stereocenters. The molecule has 2 aromatic carbocycles. The number of benzene rings is 2. The van der Waals surface area contributed by atoms with Crippen LogP contribution in [0.1, 0.15) is 22.8 Å². The zero-order valence-electron chi connectivity index (χ0n) is 13.1. The second-order valence-electron chi connectivity index (χ2n) is 5.29. The van der Waals surface area contributed by atoms with Gasteiger partial charge in [0.25, 0.3) is 5.78 Å². The van der Waals surface area contributed by atoms with Gasteiger partial charge in [0.2, 0.25) is 0 Å². The van der Waals surface area contributed by atoms with E-state index in [1.54, 1.807) is 0 Å². The first kappa shape index (κ1) is 15.0. The fourth-order valence-electron chi connectivity index (χ4n) is 2.70. The first-order valence-electron chi connectivity index (χ1n) is 7.48. The fourth-order valence-corrected chi connectivity index (χ4v) is 2.70. The van der Waals surface area contributed by atoms with Crippen molar-refractivity contribution in [1.29, 1.82) is 0 Å². The molecular weight excluding hydrogens is 290 g/mol. The standard InChI is InChI=1S/C19H17NO3/c1-3-12-8-10-13(11-9-12)17-16(18(21)19(22)23-2)14-6-4-5-7-15(14)20-17/h4-11,20H,3H2,1-2H3. The Morgan fingerprint density at radius 1 is 1.04 bits per heavy atom. The number of H-pyrrole nitrogens is 1. The van der Waals surface area contributed by atoms with Crippen LogP contribution < -0.4 is 0 Å². The summed E-state index contributed by atoms with van der Waals surface area (Å²) in [5, 5.41) is 0.720. The summed E-state index contributed by atoms with van der Waals surface area (Å²) in [6.45, 7) is 2.09. The summed E-state index contributed by atoms with van der Waals surface area (Å²) >= 11 is 0. The summed E-state index contributed by atoms with van der Waals surface area (Å²) in [5.41, 5.74) is 3.90. The molecule has 1 N–H and O–H groups in total. The molecular formula is C19H17NO3. The van der Waals surface area contributed by atoms with Crippen molar-refractivity contribution in [2.24, 2.45) is 0 Å². The lowest BCUT2D eigenvalue weighted by molar-refractivity contribution is -0.135. The number of aryl methyl sites for hydroxylation is 1. The van der Waals surface area contributed by atoms with E-state index in [0.29, 0.717) is 11.3 Å². The molecule has 0 aliphatic heterocycles. The van der Waals surface area contributed by atoms with Crippen LogP contribution in [0.25, 0.3) is 22.2 Å². The number of hydrogen-bond acceptors (Lipinski definition) is 3. The summed E-state index contributed by atoms with van der Waals surface area (Å²) in [7, 11) is 1.21. The van der Waals surface area contributed by atoms with Gasteiger partial charge in [-0.2, -0.15) is 0 Å². The molecule has 0 fully saturated rings. The average Bonchev–Trinajstić information content (AvgIpc) is 2.99. The first-order valence-corrected chi connectivity index (χ1v) is 7.48. The lowest BCUT2D eigenvalue weighted by atomic mass is 10.0. The molecule has 0 saturated heterocycles. The van der Waals surface area contributed by atoms with Gasteiger partial charge in [-0.25, -0.2) is 4.79 Å². The second kappa shape index (κ2) is 6.08. The summed E-state index contributed by atoms with van der Waals surface area (Å²) in [6, 6.07) is 15.4. The van der Waals surface area contributed by atoms with Crippen LogP contribution in [0.3, 0.4) is 0 Å². The van der Waals surface area contributed by atoms with Gasteiger partial charge in [0.05, 0.1) is 18.4 Å². The number of para-hydroxylation sites is 1. The largest absolute Gasteiger partial charge is 0.463 e. The number of carbonyl (C=O) groups excluding carboxylic acids is 2. The molecule has 1 aromatic heterocycles. The Morgan fingerprint density at radius 3 is 2.39 bits per heavy atom. The Balaban J connectivity index is 2.22. The molecule has 0 spiro atoms. The number of aromatic amines is 1. The average molecular weight is 307 g/mol. The van der Waals surface area contributed by atoms with Crippen LogP contribution in [0.4, 0.5) is 0 Å². The summed E-state index contributed by atoms with van der Waals surface area (Å²) in [5.74, 6) is -1.50. The molecule has 0 radical (unpaired) electrons. The Kier molecular flexibility index (Phi) is 3.98. The van der Waals surface area contributed by atoms with Crippen molar-refractivity contribution in [3.8, 4) is 11.3 Å². The molecule has 3 aromatic rings. The summed E-state index contributed by atoms with van der Waals surface area (Å²) in [6.07, 6.45) is 0.945. The van der Waals surface area contributed by atoms with Gasteiger partial charge in [0, 0.05) is 10.9 Å². The Morgan fingerprint density at radius 2 is 1.74 bits per heavy atom. The minimum atomic E-state index is -0.860. The van der Waals surface area contributed by atoms with Crippen LogP contribution >= 0.6 is 0 Å². The number of esters is 1. The lowest BCUT2D eigenvalue weighted by Crippen LogP contribution is -2.16. The highest BCUT2D eigenvalue weighted by Gasteiger charge is 2.25. The zero-order chi connectivity index (χ0) is 16.4. The number of Topliss-reactive ketones (excluding diaryl/α,β-unsaturated/α-hetero) is 1. The lowest BCUT2D eigenvalue weighted by Gasteiger charge is -2.05. The molecule has 0 aliphatic carbocycles. The molecule has 23 heavy (non-hydrogen) atoms. The van der Waals surface area contributed by atoms with Gasteiger partial charge in [-0.3, -0.25) is 4.79 Å². The number of aromatic nitrogens is 1. The summed E-state index contributed by atoms with van der Waals surface area (Å²) in [4.78, 5) is 27.5. The number of hydrogen-bond donors (Lipinski definition) is 1. The van der Waals surface area contributed by atoms with E-state index in [1.807, 2.05) is 48.5 Å². The highest BCUT2D eigenvalue weighted by molar-refractivity contribution is 6.44. The van der Waals surface area contributed by atoms with Crippen molar-refractivity contribution < 1.29 is 14.3 Å². The maximum Gasteiger partial charge on any atom is 0.379 e. The normalized spacial score (nSPS) is 10.7. The number of ether oxygens (including phenoxy) is 1. The third-order valence-corrected chi connectivity index (χ3v) is 3.95.